The number of rotatable bonds is 2. The van der Waals surface area contributed by atoms with Gasteiger partial charge in [0.2, 0.25) is 0 Å². The van der Waals surface area contributed by atoms with E-state index in [-0.39, 0.29) is 5.56 Å². The number of nitrogens with zero attached hydrogens (tertiary/aromatic N) is 2. The summed E-state index contributed by atoms with van der Waals surface area (Å²) in [5, 5.41) is 6.93. The van der Waals surface area contributed by atoms with Crippen LogP contribution in [0.2, 0.25) is 0 Å². The van der Waals surface area contributed by atoms with E-state index in [1.807, 2.05) is 48.1 Å². The van der Waals surface area contributed by atoms with Gasteiger partial charge in [-0.2, -0.15) is 11.3 Å². The molecule has 0 saturated heterocycles. The molecule has 0 unspecified atom stereocenters. The molecule has 0 aliphatic carbocycles. The van der Waals surface area contributed by atoms with Gasteiger partial charge in [0.1, 0.15) is 0 Å². The fourth-order valence-electron chi connectivity index (χ4n) is 2.60. The lowest BCUT2D eigenvalue weighted by Crippen LogP contribution is -2.16. The molecule has 0 spiro atoms. The molecule has 108 valence electrons. The van der Waals surface area contributed by atoms with Crippen molar-refractivity contribution in [2.45, 2.75) is 6.92 Å². The van der Waals surface area contributed by atoms with Crippen LogP contribution in [0.4, 0.5) is 0 Å². The van der Waals surface area contributed by atoms with E-state index in [0.717, 1.165) is 16.7 Å². The molecule has 0 atom stereocenters. The number of benzene rings is 1. The zero-order valence-electron chi connectivity index (χ0n) is 11.9. The van der Waals surface area contributed by atoms with E-state index in [1.165, 1.54) is 10.1 Å². The minimum absolute atomic E-state index is 0.0812. The van der Waals surface area contributed by atoms with Gasteiger partial charge in [0.15, 0.2) is 5.65 Å². The second-order valence-electron chi connectivity index (χ2n) is 5.20. The lowest BCUT2D eigenvalue weighted by Gasteiger charge is -2.02. The first kappa shape index (κ1) is 13.0. The highest BCUT2D eigenvalue weighted by molar-refractivity contribution is 7.08. The third-order valence-electron chi connectivity index (χ3n) is 3.70. The largest absolute Gasteiger partial charge is 0.296 e. The SMILES string of the molecule is Cc1cccc(-c2c[nH]n3c(=O)c(-c4ccsc4)cnc23)c1. The van der Waals surface area contributed by atoms with Crippen LogP contribution in [0.3, 0.4) is 0 Å². The fourth-order valence-corrected chi connectivity index (χ4v) is 3.26. The topological polar surface area (TPSA) is 50.2 Å². The highest BCUT2D eigenvalue weighted by atomic mass is 32.1. The Morgan fingerprint density at radius 1 is 1.18 bits per heavy atom. The molecule has 0 amide bonds. The molecular weight excluding hydrogens is 294 g/mol. The van der Waals surface area contributed by atoms with Crippen molar-refractivity contribution >= 4 is 17.0 Å². The number of aromatic nitrogens is 3. The number of hydrogen-bond donors (Lipinski definition) is 1. The van der Waals surface area contributed by atoms with Gasteiger partial charge in [0.05, 0.1) is 5.56 Å². The van der Waals surface area contributed by atoms with E-state index < -0.39 is 0 Å². The molecule has 3 aromatic heterocycles. The summed E-state index contributed by atoms with van der Waals surface area (Å²) in [6.07, 6.45) is 3.49. The molecule has 0 bridgehead atoms. The number of aryl methyl sites for hydroxylation is 1. The third kappa shape index (κ3) is 1.98. The smallest absolute Gasteiger partial charge is 0.280 e. The average Bonchev–Trinajstić information content (AvgIpc) is 3.17. The van der Waals surface area contributed by atoms with Crippen LogP contribution in [0.5, 0.6) is 0 Å². The minimum atomic E-state index is -0.0812. The van der Waals surface area contributed by atoms with Crippen molar-refractivity contribution < 1.29 is 0 Å². The Morgan fingerprint density at radius 3 is 2.86 bits per heavy atom. The Hall–Kier alpha value is -2.66. The molecule has 1 N–H and O–H groups in total. The Bertz CT molecular complexity index is 1010. The second kappa shape index (κ2) is 4.96. The van der Waals surface area contributed by atoms with Gasteiger partial charge in [-0.3, -0.25) is 9.89 Å². The van der Waals surface area contributed by atoms with Gasteiger partial charge >= 0.3 is 0 Å². The predicted molar refractivity (Wildman–Crippen MR) is 89.3 cm³/mol. The molecule has 0 fully saturated rings. The maximum atomic E-state index is 12.6. The molecule has 3 heterocycles. The van der Waals surface area contributed by atoms with Crippen molar-refractivity contribution in [2.75, 3.05) is 0 Å². The predicted octanol–water partition coefficient (Wildman–Crippen LogP) is 3.73. The number of hydrogen-bond acceptors (Lipinski definition) is 3. The highest BCUT2D eigenvalue weighted by Gasteiger charge is 2.13. The Kier molecular flexibility index (Phi) is 2.94. The number of aromatic amines is 1. The first-order chi connectivity index (χ1) is 10.7. The molecule has 4 aromatic rings. The zero-order chi connectivity index (χ0) is 15.1. The van der Waals surface area contributed by atoms with Gasteiger partial charge in [-0.25, -0.2) is 9.50 Å². The van der Waals surface area contributed by atoms with E-state index in [0.29, 0.717) is 11.2 Å². The van der Waals surface area contributed by atoms with Gasteiger partial charge in [-0.1, -0.05) is 29.8 Å². The summed E-state index contributed by atoms with van der Waals surface area (Å²) in [6, 6.07) is 10.1. The standard InChI is InChI=1S/C17H13N3OS/c1-11-3-2-4-12(7-11)14-9-19-20-16(14)18-8-15(17(20)21)13-5-6-22-10-13/h2-10,19H,1H3. The molecule has 0 aliphatic heterocycles. The van der Waals surface area contributed by atoms with Crippen molar-refractivity contribution in [2.24, 2.45) is 0 Å². The first-order valence-corrected chi connectivity index (χ1v) is 7.87. The van der Waals surface area contributed by atoms with Crippen LogP contribution < -0.4 is 5.56 Å². The Labute approximate surface area is 130 Å². The minimum Gasteiger partial charge on any atom is -0.296 e. The van der Waals surface area contributed by atoms with Crippen molar-refractivity contribution in [1.29, 1.82) is 0 Å². The highest BCUT2D eigenvalue weighted by Crippen LogP contribution is 2.24. The molecule has 4 rings (SSSR count). The number of H-pyrrole nitrogens is 1. The van der Waals surface area contributed by atoms with E-state index in [1.54, 1.807) is 17.5 Å². The van der Waals surface area contributed by atoms with Crippen molar-refractivity contribution in [3.8, 4) is 22.3 Å². The summed E-state index contributed by atoms with van der Waals surface area (Å²) in [5.41, 5.74) is 5.23. The lowest BCUT2D eigenvalue weighted by molar-refractivity contribution is 0.902. The van der Waals surface area contributed by atoms with Crippen molar-refractivity contribution in [3.05, 3.63) is 69.4 Å². The summed E-state index contributed by atoms with van der Waals surface area (Å²) in [4.78, 5) is 17.1. The van der Waals surface area contributed by atoms with Crippen LogP contribution in [-0.2, 0) is 0 Å². The number of fused-ring (bicyclic) bond motifs is 1. The van der Waals surface area contributed by atoms with E-state index >= 15 is 0 Å². The molecule has 0 saturated carbocycles. The number of thiophene rings is 1. The summed E-state index contributed by atoms with van der Waals surface area (Å²) in [7, 11) is 0. The maximum Gasteiger partial charge on any atom is 0.280 e. The van der Waals surface area contributed by atoms with Gasteiger partial charge in [-0.15, -0.1) is 0 Å². The van der Waals surface area contributed by atoms with Gasteiger partial charge < -0.3 is 0 Å². The van der Waals surface area contributed by atoms with Crippen LogP contribution >= 0.6 is 11.3 Å². The van der Waals surface area contributed by atoms with E-state index in [9.17, 15) is 4.79 Å². The normalized spacial score (nSPS) is 11.1. The molecule has 1 aromatic carbocycles. The molecular formula is C17H13N3OS. The Morgan fingerprint density at radius 2 is 2.09 bits per heavy atom. The van der Waals surface area contributed by atoms with Crippen LogP contribution in [0.1, 0.15) is 5.56 Å². The third-order valence-corrected chi connectivity index (χ3v) is 4.38. The lowest BCUT2D eigenvalue weighted by atomic mass is 10.1. The fraction of sp³-hybridized carbons (Fsp3) is 0.0588. The summed E-state index contributed by atoms with van der Waals surface area (Å²) >= 11 is 1.57. The molecule has 4 nitrogen and oxygen atoms in total. The molecule has 5 heteroatoms. The Balaban J connectivity index is 1.95. The van der Waals surface area contributed by atoms with Crippen molar-refractivity contribution in [1.82, 2.24) is 14.6 Å². The van der Waals surface area contributed by atoms with E-state index in [2.05, 4.69) is 16.1 Å². The summed E-state index contributed by atoms with van der Waals surface area (Å²) < 4.78 is 1.50. The van der Waals surface area contributed by atoms with Gasteiger partial charge in [0.25, 0.3) is 5.56 Å². The van der Waals surface area contributed by atoms with Crippen LogP contribution in [0, 0.1) is 6.92 Å². The van der Waals surface area contributed by atoms with E-state index in [4.69, 9.17) is 0 Å². The average molecular weight is 307 g/mol. The molecule has 0 radical (unpaired) electrons. The zero-order valence-corrected chi connectivity index (χ0v) is 12.7. The monoisotopic (exact) mass is 307 g/mol. The molecule has 22 heavy (non-hydrogen) atoms. The summed E-state index contributed by atoms with van der Waals surface area (Å²) in [5.74, 6) is 0. The first-order valence-electron chi connectivity index (χ1n) is 6.93. The summed E-state index contributed by atoms with van der Waals surface area (Å²) in [6.45, 7) is 2.05. The van der Waals surface area contributed by atoms with Crippen LogP contribution in [0.15, 0.2) is 58.3 Å². The van der Waals surface area contributed by atoms with Gasteiger partial charge in [0, 0.05) is 18.0 Å². The van der Waals surface area contributed by atoms with Crippen LogP contribution in [-0.4, -0.2) is 14.6 Å². The van der Waals surface area contributed by atoms with Gasteiger partial charge in [-0.05, 0) is 34.9 Å². The second-order valence-corrected chi connectivity index (χ2v) is 5.98. The quantitative estimate of drug-likeness (QED) is 0.613. The van der Waals surface area contributed by atoms with Crippen LogP contribution in [0.25, 0.3) is 27.9 Å². The molecule has 0 aliphatic rings. The maximum absolute atomic E-state index is 12.6. The number of nitrogens with one attached hydrogen (secondary N) is 1. The van der Waals surface area contributed by atoms with Crippen molar-refractivity contribution in [3.63, 3.8) is 0 Å².